The molecule has 2 nitrogen and oxygen atoms in total. The van der Waals surface area contributed by atoms with Gasteiger partial charge in [0, 0.05) is 12.8 Å². The van der Waals surface area contributed by atoms with E-state index in [-0.39, 0.29) is 0 Å². The first-order valence-corrected chi connectivity index (χ1v) is 9.86. The molecule has 0 amide bonds. The highest BCUT2D eigenvalue weighted by Gasteiger charge is 2.45. The quantitative estimate of drug-likeness (QED) is 0.398. The lowest BCUT2D eigenvalue weighted by Gasteiger charge is -2.21. The van der Waals surface area contributed by atoms with Crippen molar-refractivity contribution in [2.75, 3.05) is 6.54 Å². The van der Waals surface area contributed by atoms with Crippen LogP contribution in [0.1, 0.15) is 104 Å². The zero-order chi connectivity index (χ0) is 16.3. The highest BCUT2D eigenvalue weighted by molar-refractivity contribution is 5.77. The van der Waals surface area contributed by atoms with Gasteiger partial charge in [0.15, 0.2) is 0 Å². The van der Waals surface area contributed by atoms with Crippen LogP contribution in [0.15, 0.2) is 0 Å². The van der Waals surface area contributed by atoms with Gasteiger partial charge >= 0.3 is 0 Å². The lowest BCUT2D eigenvalue weighted by Crippen LogP contribution is -2.21. The van der Waals surface area contributed by atoms with E-state index in [9.17, 15) is 4.79 Å². The maximum Gasteiger partial charge on any atom is 0.132 e. The van der Waals surface area contributed by atoms with Gasteiger partial charge in [-0.2, -0.15) is 0 Å². The first-order chi connectivity index (χ1) is 10.6. The number of rotatable bonds is 15. The van der Waals surface area contributed by atoms with Crippen LogP contribution in [0.3, 0.4) is 0 Å². The average Bonchev–Trinajstić information content (AvgIpc) is 3.32. The smallest absolute Gasteiger partial charge is 0.132 e. The summed E-state index contributed by atoms with van der Waals surface area (Å²) in [5.41, 5.74) is 6.47. The fourth-order valence-corrected chi connectivity index (χ4v) is 3.61. The summed E-state index contributed by atoms with van der Waals surface area (Å²) < 4.78 is 0. The number of nitrogens with two attached hydrogens (primary N) is 1. The third-order valence-corrected chi connectivity index (χ3v) is 5.82. The molecule has 1 aliphatic rings. The van der Waals surface area contributed by atoms with Crippen molar-refractivity contribution in [3.05, 3.63) is 0 Å². The number of ketones is 1. The second-order valence-corrected chi connectivity index (χ2v) is 7.57. The van der Waals surface area contributed by atoms with Crippen LogP contribution >= 0.6 is 0 Å². The van der Waals surface area contributed by atoms with Gasteiger partial charge in [0.1, 0.15) is 5.78 Å². The predicted octanol–water partition coefficient (Wildman–Crippen LogP) is 5.63. The molecule has 0 aliphatic heterocycles. The number of hydrogen-bond donors (Lipinski definition) is 1. The Bertz CT molecular complexity index is 296. The molecule has 0 aromatic heterocycles. The van der Waals surface area contributed by atoms with Crippen LogP contribution in [0.4, 0.5) is 0 Å². The zero-order valence-corrected chi connectivity index (χ0v) is 15.2. The van der Waals surface area contributed by atoms with E-state index in [1.165, 1.54) is 70.6 Å². The van der Waals surface area contributed by atoms with Crippen molar-refractivity contribution >= 4 is 5.78 Å². The van der Waals surface area contributed by atoms with Gasteiger partial charge in [-0.25, -0.2) is 0 Å². The fraction of sp³-hybridized carbons (Fsp3) is 0.950. The average molecular weight is 310 g/mol. The highest BCUT2D eigenvalue weighted by atomic mass is 16.1. The standard InChI is InChI=1S/C20H39NO/c1-3-19(22)13-11-9-7-5-4-6-8-10-12-14-20(15-16-20)18(2)17-21/h18H,3-17,21H2,1-2H3. The molecule has 0 bridgehead atoms. The molecule has 0 aromatic rings. The Hall–Kier alpha value is -0.370. The van der Waals surface area contributed by atoms with E-state index >= 15 is 0 Å². The van der Waals surface area contributed by atoms with Crippen LogP contribution in [-0.4, -0.2) is 12.3 Å². The van der Waals surface area contributed by atoms with Crippen molar-refractivity contribution in [1.82, 2.24) is 0 Å². The van der Waals surface area contributed by atoms with Gasteiger partial charge in [0.25, 0.3) is 0 Å². The van der Waals surface area contributed by atoms with Crippen molar-refractivity contribution < 1.29 is 4.79 Å². The summed E-state index contributed by atoms with van der Waals surface area (Å²) in [7, 11) is 0. The van der Waals surface area contributed by atoms with Gasteiger partial charge in [-0.1, -0.05) is 65.2 Å². The second-order valence-electron chi connectivity index (χ2n) is 7.57. The first kappa shape index (κ1) is 19.7. The minimum Gasteiger partial charge on any atom is -0.330 e. The molecule has 1 fully saturated rings. The maximum atomic E-state index is 11.2. The minimum absolute atomic E-state index is 0.428. The molecular formula is C20H39NO. The number of hydrogen-bond acceptors (Lipinski definition) is 2. The van der Waals surface area contributed by atoms with Crippen LogP contribution < -0.4 is 5.73 Å². The molecule has 0 spiro atoms. The molecule has 0 aromatic carbocycles. The van der Waals surface area contributed by atoms with E-state index < -0.39 is 0 Å². The van der Waals surface area contributed by atoms with E-state index in [0.29, 0.717) is 17.6 Å². The molecule has 1 unspecified atom stereocenters. The second kappa shape index (κ2) is 11.2. The molecule has 0 saturated heterocycles. The molecule has 2 N–H and O–H groups in total. The van der Waals surface area contributed by atoms with Crippen LogP contribution in [-0.2, 0) is 4.79 Å². The Morgan fingerprint density at radius 1 is 0.955 bits per heavy atom. The van der Waals surface area contributed by atoms with E-state index in [2.05, 4.69) is 6.92 Å². The van der Waals surface area contributed by atoms with Gasteiger partial charge in [-0.15, -0.1) is 0 Å². The summed E-state index contributed by atoms with van der Waals surface area (Å²) in [5, 5.41) is 0. The summed E-state index contributed by atoms with van der Waals surface area (Å²) in [6, 6.07) is 0. The third kappa shape index (κ3) is 7.76. The zero-order valence-electron chi connectivity index (χ0n) is 15.2. The Morgan fingerprint density at radius 3 is 1.91 bits per heavy atom. The Labute approximate surface area is 138 Å². The van der Waals surface area contributed by atoms with Crippen molar-refractivity contribution in [3.8, 4) is 0 Å². The topological polar surface area (TPSA) is 43.1 Å². The number of Topliss-reactive ketones (excluding diaryl/α,β-unsaturated/α-hetero) is 1. The van der Waals surface area contributed by atoms with Crippen LogP contribution in [0.25, 0.3) is 0 Å². The van der Waals surface area contributed by atoms with Crippen LogP contribution in [0.2, 0.25) is 0 Å². The third-order valence-electron chi connectivity index (χ3n) is 5.82. The highest BCUT2D eigenvalue weighted by Crippen LogP contribution is 2.55. The molecule has 2 heteroatoms. The van der Waals surface area contributed by atoms with E-state index in [1.54, 1.807) is 0 Å². The lowest BCUT2D eigenvalue weighted by molar-refractivity contribution is -0.118. The molecule has 0 heterocycles. The number of carbonyl (C=O) groups excluding carboxylic acids is 1. The van der Waals surface area contributed by atoms with Gasteiger partial charge in [0.2, 0.25) is 0 Å². The SMILES string of the molecule is CCC(=O)CCCCCCCCCCCC1(C(C)CN)CC1. The molecule has 22 heavy (non-hydrogen) atoms. The minimum atomic E-state index is 0.428. The van der Waals surface area contributed by atoms with Crippen molar-refractivity contribution in [3.63, 3.8) is 0 Å². The summed E-state index contributed by atoms with van der Waals surface area (Å²) >= 11 is 0. The Morgan fingerprint density at radius 2 is 1.45 bits per heavy atom. The number of unbranched alkanes of at least 4 members (excludes halogenated alkanes) is 8. The normalized spacial score (nSPS) is 17.4. The van der Waals surface area contributed by atoms with Crippen LogP contribution in [0, 0.1) is 11.3 Å². The van der Waals surface area contributed by atoms with Gasteiger partial charge in [0.05, 0.1) is 0 Å². The van der Waals surface area contributed by atoms with Gasteiger partial charge < -0.3 is 5.73 Å². The molecule has 1 rings (SSSR count). The largest absolute Gasteiger partial charge is 0.330 e. The summed E-state index contributed by atoms with van der Waals surface area (Å²) in [6.45, 7) is 5.16. The Balaban J connectivity index is 1.82. The molecule has 1 aliphatic carbocycles. The first-order valence-electron chi connectivity index (χ1n) is 9.86. The van der Waals surface area contributed by atoms with Crippen LogP contribution in [0.5, 0.6) is 0 Å². The summed E-state index contributed by atoms with van der Waals surface area (Å²) in [4.78, 5) is 11.2. The fourth-order valence-electron chi connectivity index (χ4n) is 3.61. The molecule has 1 atom stereocenters. The predicted molar refractivity (Wildman–Crippen MR) is 96.0 cm³/mol. The summed E-state index contributed by atoms with van der Waals surface area (Å²) in [5.74, 6) is 1.16. The molecular weight excluding hydrogens is 270 g/mol. The number of carbonyl (C=O) groups is 1. The van der Waals surface area contributed by atoms with Gasteiger partial charge in [-0.3, -0.25) is 4.79 Å². The summed E-state index contributed by atoms with van der Waals surface area (Å²) in [6.07, 6.45) is 17.8. The monoisotopic (exact) mass is 309 g/mol. The molecule has 1 saturated carbocycles. The maximum absolute atomic E-state index is 11.2. The van der Waals surface area contributed by atoms with Crippen molar-refractivity contribution in [1.29, 1.82) is 0 Å². The van der Waals surface area contributed by atoms with Crippen molar-refractivity contribution in [2.24, 2.45) is 17.1 Å². The lowest BCUT2D eigenvalue weighted by atomic mass is 9.85. The Kier molecular flexibility index (Phi) is 10.0. The molecule has 0 radical (unpaired) electrons. The molecule has 130 valence electrons. The van der Waals surface area contributed by atoms with E-state index in [0.717, 1.165) is 25.3 Å². The van der Waals surface area contributed by atoms with Gasteiger partial charge in [-0.05, 0) is 43.6 Å². The van der Waals surface area contributed by atoms with E-state index in [4.69, 9.17) is 5.73 Å². The van der Waals surface area contributed by atoms with Crippen molar-refractivity contribution in [2.45, 2.75) is 104 Å². The van der Waals surface area contributed by atoms with E-state index in [1.807, 2.05) is 6.92 Å².